The highest BCUT2D eigenvalue weighted by molar-refractivity contribution is 5.38. The van der Waals surface area contributed by atoms with Crippen molar-refractivity contribution in [3.63, 3.8) is 0 Å². The first-order valence-corrected chi connectivity index (χ1v) is 9.42. The van der Waals surface area contributed by atoms with Crippen molar-refractivity contribution in [3.8, 4) is 11.4 Å². The first-order valence-electron chi connectivity index (χ1n) is 9.42. The molecule has 1 aromatic heterocycles. The molecule has 0 fully saturated rings. The average Bonchev–Trinajstić information content (AvgIpc) is 3.08. The van der Waals surface area contributed by atoms with Crippen LogP contribution >= 0.6 is 0 Å². The second kappa shape index (κ2) is 8.99. The van der Waals surface area contributed by atoms with Crippen molar-refractivity contribution in [1.29, 1.82) is 0 Å². The van der Waals surface area contributed by atoms with Crippen LogP contribution in [0.3, 0.4) is 0 Å². The van der Waals surface area contributed by atoms with Crippen LogP contribution in [0.1, 0.15) is 42.3 Å². The largest absolute Gasteiger partial charge is 0.494 e. The van der Waals surface area contributed by atoms with Crippen molar-refractivity contribution >= 4 is 0 Å². The molecule has 148 valence electrons. The quantitative estimate of drug-likeness (QED) is 0.616. The number of nitrogens with one attached hydrogen (secondary N) is 1. The van der Waals surface area contributed by atoms with E-state index >= 15 is 0 Å². The number of nitrogens with zero attached hydrogens (tertiary/aromatic N) is 2. The molecule has 28 heavy (non-hydrogen) atoms. The van der Waals surface area contributed by atoms with Crippen molar-refractivity contribution in [2.45, 2.75) is 40.0 Å². The minimum absolute atomic E-state index is 0.0573. The molecule has 1 atom stereocenters. The topological polar surface area (TPSA) is 59.3 Å². The van der Waals surface area contributed by atoms with E-state index in [9.17, 15) is 9.50 Å². The summed E-state index contributed by atoms with van der Waals surface area (Å²) in [4.78, 5) is 0. The highest BCUT2D eigenvalue weighted by atomic mass is 19.1. The molecule has 0 spiro atoms. The summed E-state index contributed by atoms with van der Waals surface area (Å²) in [6, 6.07) is 12.3. The molecular formula is C22H26FN3O2. The van der Waals surface area contributed by atoms with Gasteiger partial charge >= 0.3 is 0 Å². The van der Waals surface area contributed by atoms with E-state index in [1.165, 1.54) is 12.1 Å². The summed E-state index contributed by atoms with van der Waals surface area (Å²) in [5, 5.41) is 17.5. The first-order chi connectivity index (χ1) is 13.5. The number of rotatable bonds is 8. The normalized spacial score (nSPS) is 12.2. The van der Waals surface area contributed by atoms with Crippen molar-refractivity contribution in [1.82, 2.24) is 15.1 Å². The van der Waals surface area contributed by atoms with Gasteiger partial charge in [-0.05, 0) is 56.7 Å². The minimum atomic E-state index is -0.282. The molecule has 0 aliphatic carbocycles. The minimum Gasteiger partial charge on any atom is -0.494 e. The van der Waals surface area contributed by atoms with E-state index in [-0.39, 0.29) is 18.5 Å². The van der Waals surface area contributed by atoms with E-state index in [0.29, 0.717) is 24.6 Å². The summed E-state index contributed by atoms with van der Waals surface area (Å²) in [6.07, 6.45) is 1.81. The van der Waals surface area contributed by atoms with Gasteiger partial charge in [-0.25, -0.2) is 9.07 Å². The van der Waals surface area contributed by atoms with Crippen LogP contribution in [-0.4, -0.2) is 21.5 Å². The van der Waals surface area contributed by atoms with Gasteiger partial charge in [-0.2, -0.15) is 5.10 Å². The molecule has 0 radical (unpaired) electrons. The molecule has 3 rings (SSSR count). The van der Waals surface area contributed by atoms with Crippen LogP contribution in [0.2, 0.25) is 0 Å². The fraction of sp³-hybridized carbons (Fsp3) is 0.318. The smallest absolute Gasteiger partial charge is 0.125 e. The van der Waals surface area contributed by atoms with Gasteiger partial charge in [0, 0.05) is 29.4 Å². The number of aliphatic hydroxyl groups is 1. The highest BCUT2D eigenvalue weighted by Crippen LogP contribution is 2.23. The average molecular weight is 383 g/mol. The van der Waals surface area contributed by atoms with Gasteiger partial charge in [0.15, 0.2) is 0 Å². The number of hydrogen-bond acceptors (Lipinski definition) is 4. The van der Waals surface area contributed by atoms with Crippen LogP contribution in [-0.2, 0) is 13.2 Å². The lowest BCUT2D eigenvalue weighted by atomic mass is 10.1. The molecule has 0 bridgehead atoms. The third-order valence-corrected chi connectivity index (χ3v) is 4.77. The van der Waals surface area contributed by atoms with Gasteiger partial charge in [0.25, 0.3) is 0 Å². The zero-order valence-electron chi connectivity index (χ0n) is 16.4. The van der Waals surface area contributed by atoms with E-state index < -0.39 is 0 Å². The van der Waals surface area contributed by atoms with Gasteiger partial charge in [-0.1, -0.05) is 12.1 Å². The lowest BCUT2D eigenvalue weighted by Crippen LogP contribution is -2.19. The van der Waals surface area contributed by atoms with E-state index in [1.807, 2.05) is 44.3 Å². The van der Waals surface area contributed by atoms with E-state index in [1.54, 1.807) is 10.7 Å². The summed E-state index contributed by atoms with van der Waals surface area (Å²) < 4.78 is 20.8. The Morgan fingerprint density at radius 2 is 2.07 bits per heavy atom. The molecule has 1 heterocycles. The van der Waals surface area contributed by atoms with Gasteiger partial charge in [0.2, 0.25) is 0 Å². The first kappa shape index (κ1) is 20.0. The second-order valence-electron chi connectivity index (χ2n) is 6.71. The van der Waals surface area contributed by atoms with Crippen molar-refractivity contribution in [3.05, 3.63) is 76.9 Å². The molecule has 2 N–H and O–H groups in total. The predicted molar refractivity (Wildman–Crippen MR) is 107 cm³/mol. The summed E-state index contributed by atoms with van der Waals surface area (Å²) in [5.74, 6) is 0.435. The fourth-order valence-corrected chi connectivity index (χ4v) is 3.26. The summed E-state index contributed by atoms with van der Waals surface area (Å²) in [7, 11) is 0. The monoisotopic (exact) mass is 383 g/mol. The number of aliphatic hydroxyl groups excluding tert-OH is 1. The van der Waals surface area contributed by atoms with Gasteiger partial charge < -0.3 is 15.2 Å². The standard InChI is InChI=1S/C22H26FN3O2/c1-4-28-22-9-8-17(10-18(22)14-27)12-24-15(2)21-13-25-26(16(21)3)20-7-5-6-19(23)11-20/h5-11,13,15,24,27H,4,12,14H2,1-3H3. The highest BCUT2D eigenvalue weighted by Gasteiger charge is 2.14. The van der Waals surface area contributed by atoms with Crippen LogP contribution in [0.25, 0.3) is 5.69 Å². The summed E-state index contributed by atoms with van der Waals surface area (Å²) in [5.41, 5.74) is 4.57. The zero-order chi connectivity index (χ0) is 20.1. The van der Waals surface area contributed by atoms with Gasteiger partial charge in [0.05, 0.1) is 25.1 Å². The van der Waals surface area contributed by atoms with Crippen LogP contribution in [0.15, 0.2) is 48.7 Å². The molecule has 0 saturated carbocycles. The number of aromatic nitrogens is 2. The zero-order valence-corrected chi connectivity index (χ0v) is 16.4. The molecule has 1 unspecified atom stereocenters. The molecule has 6 heteroatoms. The summed E-state index contributed by atoms with van der Waals surface area (Å²) >= 11 is 0. The fourth-order valence-electron chi connectivity index (χ4n) is 3.26. The molecule has 0 amide bonds. The van der Waals surface area contributed by atoms with Crippen molar-refractivity contribution in [2.75, 3.05) is 6.61 Å². The van der Waals surface area contributed by atoms with Gasteiger partial charge in [-0.3, -0.25) is 0 Å². The Morgan fingerprint density at radius 1 is 1.25 bits per heavy atom. The van der Waals surface area contributed by atoms with Crippen LogP contribution in [0.5, 0.6) is 5.75 Å². The van der Waals surface area contributed by atoms with E-state index in [0.717, 1.165) is 22.4 Å². The third kappa shape index (κ3) is 4.40. The molecule has 0 saturated heterocycles. The Balaban J connectivity index is 1.71. The number of halogens is 1. The SMILES string of the molecule is CCOc1ccc(CNC(C)c2cnn(-c3cccc(F)c3)c2C)cc1CO. The Bertz CT molecular complexity index is 939. The van der Waals surface area contributed by atoms with Crippen LogP contribution in [0, 0.1) is 12.7 Å². The molecule has 0 aliphatic rings. The molecular weight excluding hydrogens is 357 g/mol. The second-order valence-corrected chi connectivity index (χ2v) is 6.71. The maximum absolute atomic E-state index is 13.5. The lowest BCUT2D eigenvalue weighted by Gasteiger charge is -2.16. The van der Waals surface area contributed by atoms with Gasteiger partial charge in [-0.15, -0.1) is 0 Å². The van der Waals surface area contributed by atoms with Crippen molar-refractivity contribution in [2.24, 2.45) is 0 Å². The maximum atomic E-state index is 13.5. The Morgan fingerprint density at radius 3 is 2.79 bits per heavy atom. The van der Waals surface area contributed by atoms with E-state index in [2.05, 4.69) is 17.3 Å². The molecule has 2 aromatic carbocycles. The van der Waals surface area contributed by atoms with Crippen LogP contribution < -0.4 is 10.1 Å². The van der Waals surface area contributed by atoms with Crippen LogP contribution in [0.4, 0.5) is 4.39 Å². The number of benzene rings is 2. The Kier molecular flexibility index (Phi) is 6.44. The lowest BCUT2D eigenvalue weighted by molar-refractivity contribution is 0.267. The maximum Gasteiger partial charge on any atom is 0.125 e. The molecule has 5 nitrogen and oxygen atoms in total. The Labute approximate surface area is 164 Å². The molecule has 3 aromatic rings. The number of hydrogen-bond donors (Lipinski definition) is 2. The van der Waals surface area contributed by atoms with E-state index in [4.69, 9.17) is 4.74 Å². The third-order valence-electron chi connectivity index (χ3n) is 4.77. The predicted octanol–water partition coefficient (Wildman–Crippen LogP) is 4.06. The Hall–Kier alpha value is -2.70. The van der Waals surface area contributed by atoms with Gasteiger partial charge in [0.1, 0.15) is 11.6 Å². The molecule has 0 aliphatic heterocycles. The van der Waals surface area contributed by atoms with Crippen molar-refractivity contribution < 1.29 is 14.2 Å². The summed E-state index contributed by atoms with van der Waals surface area (Å²) in [6.45, 7) is 7.12. The number of ether oxygens (including phenoxy) is 1.